The molecule has 0 spiro atoms. The standard InChI is InChI=1S/C19H27N3O4.ClH/c1-2-22(19(24)15-5-3-4-13(15)11-20)12-18(23)21-14-6-7-16-17(10-14)26-9-8-25-16;/h6-7,10,13,15H,2-5,8-9,11-12,20H2,1H3,(H,21,23);1H/t13-,15-;/m1./s1. The highest BCUT2D eigenvalue weighted by Gasteiger charge is 2.34. The third kappa shape index (κ3) is 5.05. The lowest BCUT2D eigenvalue weighted by atomic mass is 9.94. The molecule has 0 saturated heterocycles. The normalized spacial score (nSPS) is 20.5. The third-order valence-corrected chi connectivity index (χ3v) is 5.13. The van der Waals surface area contributed by atoms with Crippen molar-refractivity contribution in [3.8, 4) is 11.5 Å². The molecule has 2 aliphatic rings. The smallest absolute Gasteiger partial charge is 0.243 e. The molecule has 1 fully saturated rings. The first kappa shape index (κ1) is 21.3. The predicted molar refractivity (Wildman–Crippen MR) is 105 cm³/mol. The zero-order valence-electron chi connectivity index (χ0n) is 15.6. The first-order valence-corrected chi connectivity index (χ1v) is 9.30. The largest absolute Gasteiger partial charge is 0.486 e. The summed E-state index contributed by atoms with van der Waals surface area (Å²) in [5, 5.41) is 2.83. The summed E-state index contributed by atoms with van der Waals surface area (Å²) in [7, 11) is 0. The number of likely N-dealkylation sites (N-methyl/N-ethyl adjacent to an activating group) is 1. The van der Waals surface area contributed by atoms with Crippen LogP contribution in [0.2, 0.25) is 0 Å². The number of nitrogens with zero attached hydrogens (tertiary/aromatic N) is 1. The van der Waals surface area contributed by atoms with Crippen LogP contribution in [0.4, 0.5) is 5.69 Å². The van der Waals surface area contributed by atoms with Gasteiger partial charge < -0.3 is 25.4 Å². The summed E-state index contributed by atoms with van der Waals surface area (Å²) in [5.74, 6) is 1.29. The minimum atomic E-state index is -0.223. The maximum Gasteiger partial charge on any atom is 0.243 e. The number of halogens is 1. The number of nitrogens with one attached hydrogen (secondary N) is 1. The Hall–Kier alpha value is -1.99. The lowest BCUT2D eigenvalue weighted by Crippen LogP contribution is -2.43. The molecule has 1 heterocycles. The Morgan fingerprint density at radius 3 is 2.67 bits per heavy atom. The molecule has 1 aliphatic heterocycles. The fraction of sp³-hybridized carbons (Fsp3) is 0.579. The van der Waals surface area contributed by atoms with Crippen LogP contribution in [0, 0.1) is 11.8 Å². The molecular weight excluding hydrogens is 370 g/mol. The molecule has 2 atom stereocenters. The number of rotatable bonds is 6. The zero-order chi connectivity index (χ0) is 18.5. The summed E-state index contributed by atoms with van der Waals surface area (Å²) in [6.07, 6.45) is 2.88. The molecule has 2 amide bonds. The Labute approximate surface area is 166 Å². The highest BCUT2D eigenvalue weighted by atomic mass is 35.5. The monoisotopic (exact) mass is 397 g/mol. The van der Waals surface area contributed by atoms with Gasteiger partial charge in [0, 0.05) is 24.2 Å². The molecule has 1 saturated carbocycles. The molecule has 1 aliphatic carbocycles. The van der Waals surface area contributed by atoms with Gasteiger partial charge in [-0.3, -0.25) is 9.59 Å². The van der Waals surface area contributed by atoms with E-state index in [1.54, 1.807) is 23.1 Å². The fourth-order valence-corrected chi connectivity index (χ4v) is 3.72. The van der Waals surface area contributed by atoms with Crippen LogP contribution in [-0.4, -0.2) is 49.6 Å². The molecular formula is C19H28ClN3O4. The molecule has 0 bridgehead atoms. The molecule has 7 nitrogen and oxygen atoms in total. The second-order valence-electron chi connectivity index (χ2n) is 6.79. The van der Waals surface area contributed by atoms with E-state index in [-0.39, 0.29) is 42.6 Å². The summed E-state index contributed by atoms with van der Waals surface area (Å²) < 4.78 is 11.0. The van der Waals surface area contributed by atoms with Gasteiger partial charge in [0.1, 0.15) is 13.2 Å². The van der Waals surface area contributed by atoms with Gasteiger partial charge in [-0.05, 0) is 44.4 Å². The molecule has 3 rings (SSSR count). The lowest BCUT2D eigenvalue weighted by molar-refractivity contribution is -0.139. The van der Waals surface area contributed by atoms with E-state index in [0.29, 0.717) is 43.5 Å². The summed E-state index contributed by atoms with van der Waals surface area (Å²) in [6.45, 7) is 3.97. The zero-order valence-corrected chi connectivity index (χ0v) is 16.4. The topological polar surface area (TPSA) is 93.9 Å². The van der Waals surface area contributed by atoms with E-state index in [1.165, 1.54) is 0 Å². The van der Waals surface area contributed by atoms with Gasteiger partial charge >= 0.3 is 0 Å². The van der Waals surface area contributed by atoms with E-state index in [0.717, 1.165) is 19.3 Å². The maximum atomic E-state index is 12.8. The number of anilines is 1. The quantitative estimate of drug-likeness (QED) is 0.766. The number of hydrogen-bond acceptors (Lipinski definition) is 5. The molecule has 0 unspecified atom stereocenters. The van der Waals surface area contributed by atoms with Gasteiger partial charge in [0.2, 0.25) is 11.8 Å². The summed E-state index contributed by atoms with van der Waals surface area (Å²) in [4.78, 5) is 26.8. The summed E-state index contributed by atoms with van der Waals surface area (Å²) in [6, 6.07) is 5.29. The number of hydrogen-bond donors (Lipinski definition) is 2. The van der Waals surface area contributed by atoms with Crippen molar-refractivity contribution in [3.05, 3.63) is 18.2 Å². The lowest BCUT2D eigenvalue weighted by Gasteiger charge is -2.26. The minimum Gasteiger partial charge on any atom is -0.486 e. The predicted octanol–water partition coefficient (Wildman–Crippen LogP) is 2.04. The Balaban J connectivity index is 0.00000261. The van der Waals surface area contributed by atoms with Gasteiger partial charge in [-0.25, -0.2) is 0 Å². The van der Waals surface area contributed by atoms with E-state index in [9.17, 15) is 9.59 Å². The van der Waals surface area contributed by atoms with Crippen LogP contribution < -0.4 is 20.5 Å². The molecule has 1 aromatic carbocycles. The van der Waals surface area contributed by atoms with Gasteiger partial charge in [-0.2, -0.15) is 0 Å². The third-order valence-electron chi connectivity index (χ3n) is 5.13. The highest BCUT2D eigenvalue weighted by molar-refractivity contribution is 5.95. The average molecular weight is 398 g/mol. The number of ether oxygens (including phenoxy) is 2. The van der Waals surface area contributed by atoms with Gasteiger partial charge in [0.25, 0.3) is 0 Å². The minimum absolute atomic E-state index is 0. The van der Waals surface area contributed by atoms with Crippen molar-refractivity contribution in [2.24, 2.45) is 17.6 Å². The van der Waals surface area contributed by atoms with Gasteiger partial charge in [0.05, 0.1) is 6.54 Å². The van der Waals surface area contributed by atoms with Crippen LogP contribution in [0.25, 0.3) is 0 Å². The van der Waals surface area contributed by atoms with Crippen LogP contribution >= 0.6 is 12.4 Å². The average Bonchev–Trinajstić information content (AvgIpc) is 3.14. The van der Waals surface area contributed by atoms with E-state index >= 15 is 0 Å². The molecule has 0 radical (unpaired) electrons. The Morgan fingerprint density at radius 2 is 1.96 bits per heavy atom. The fourth-order valence-electron chi connectivity index (χ4n) is 3.72. The van der Waals surface area contributed by atoms with Crippen molar-refractivity contribution in [1.82, 2.24) is 4.90 Å². The first-order valence-electron chi connectivity index (χ1n) is 9.30. The van der Waals surface area contributed by atoms with E-state index in [2.05, 4.69) is 5.32 Å². The van der Waals surface area contributed by atoms with Crippen molar-refractivity contribution in [1.29, 1.82) is 0 Å². The van der Waals surface area contributed by atoms with E-state index in [4.69, 9.17) is 15.2 Å². The van der Waals surface area contributed by atoms with Gasteiger partial charge in [0.15, 0.2) is 11.5 Å². The second kappa shape index (κ2) is 9.80. The van der Waals surface area contributed by atoms with Crippen LogP contribution in [-0.2, 0) is 9.59 Å². The van der Waals surface area contributed by atoms with Crippen molar-refractivity contribution in [2.45, 2.75) is 26.2 Å². The number of benzene rings is 1. The number of amides is 2. The van der Waals surface area contributed by atoms with E-state index in [1.807, 2.05) is 6.92 Å². The van der Waals surface area contributed by atoms with Crippen molar-refractivity contribution < 1.29 is 19.1 Å². The Morgan fingerprint density at radius 1 is 1.22 bits per heavy atom. The first-order chi connectivity index (χ1) is 12.6. The summed E-state index contributed by atoms with van der Waals surface area (Å²) >= 11 is 0. The van der Waals surface area contributed by atoms with E-state index < -0.39 is 0 Å². The van der Waals surface area contributed by atoms with Crippen LogP contribution in [0.15, 0.2) is 18.2 Å². The highest BCUT2D eigenvalue weighted by Crippen LogP contribution is 2.33. The number of carbonyl (C=O) groups excluding carboxylic acids is 2. The van der Waals surface area contributed by atoms with Gasteiger partial charge in [-0.1, -0.05) is 6.42 Å². The van der Waals surface area contributed by atoms with Crippen molar-refractivity contribution in [2.75, 3.05) is 38.2 Å². The van der Waals surface area contributed by atoms with Crippen LogP contribution in [0.1, 0.15) is 26.2 Å². The molecule has 8 heteroatoms. The Kier molecular flexibility index (Phi) is 7.74. The number of carbonyl (C=O) groups is 2. The number of nitrogens with two attached hydrogens (primary N) is 1. The molecule has 0 aromatic heterocycles. The van der Waals surface area contributed by atoms with Crippen LogP contribution in [0.3, 0.4) is 0 Å². The van der Waals surface area contributed by atoms with Crippen molar-refractivity contribution in [3.63, 3.8) is 0 Å². The Bertz CT molecular complexity index is 670. The second-order valence-corrected chi connectivity index (χ2v) is 6.79. The van der Waals surface area contributed by atoms with Crippen LogP contribution in [0.5, 0.6) is 11.5 Å². The molecule has 1 aromatic rings. The van der Waals surface area contributed by atoms with Crippen molar-refractivity contribution >= 4 is 29.9 Å². The SMILES string of the molecule is CCN(CC(=O)Nc1ccc2c(c1)OCCO2)C(=O)[C@@H]1CCC[C@@H]1CN.Cl. The molecule has 27 heavy (non-hydrogen) atoms. The summed E-state index contributed by atoms with van der Waals surface area (Å²) in [5.41, 5.74) is 6.42. The molecule has 150 valence electrons. The van der Waals surface area contributed by atoms with Gasteiger partial charge in [-0.15, -0.1) is 12.4 Å². The molecule has 3 N–H and O–H groups in total. The number of fused-ring (bicyclic) bond motifs is 1. The maximum absolute atomic E-state index is 12.8.